The van der Waals surface area contributed by atoms with Gasteiger partial charge in [0.25, 0.3) is 0 Å². The van der Waals surface area contributed by atoms with Gasteiger partial charge < -0.3 is 0 Å². The Kier molecular flexibility index (Phi) is 7.63. The second kappa shape index (κ2) is 7.33. The predicted molar refractivity (Wildman–Crippen MR) is 41.3 cm³/mol. The Balaban J connectivity index is 2.79. The lowest BCUT2D eigenvalue weighted by molar-refractivity contribution is 0.834. The maximum atomic E-state index is 5.42. The van der Waals surface area contributed by atoms with Crippen molar-refractivity contribution in [3.63, 3.8) is 0 Å². The number of halogens is 2. The molecule has 0 aliphatic carbocycles. The van der Waals surface area contributed by atoms with Gasteiger partial charge >= 0.3 is 0 Å². The van der Waals surface area contributed by atoms with E-state index in [4.69, 9.17) is 11.6 Å². The van der Waals surface area contributed by atoms with Crippen molar-refractivity contribution in [3.8, 4) is 10.8 Å². The van der Waals surface area contributed by atoms with Gasteiger partial charge in [-0.25, -0.2) is 0 Å². The zero-order valence-corrected chi connectivity index (χ0v) is 6.93. The molecule has 0 N–H and O–H groups in total. The molecule has 0 nitrogen and oxygen atoms in total. The van der Waals surface area contributed by atoms with Gasteiger partial charge in [-0.2, -0.15) is 0 Å². The van der Waals surface area contributed by atoms with E-state index in [0.717, 1.165) is 25.1 Å². The summed E-state index contributed by atoms with van der Waals surface area (Å²) < 4.78 is 0. The van der Waals surface area contributed by atoms with Crippen LogP contribution in [0.1, 0.15) is 19.3 Å². The zero-order valence-electron chi connectivity index (χ0n) is 4.58. The van der Waals surface area contributed by atoms with E-state index in [9.17, 15) is 0 Å². The normalized spacial score (nSPS) is 7.75. The molecule has 0 aromatic carbocycles. The van der Waals surface area contributed by atoms with Crippen molar-refractivity contribution in [1.82, 2.24) is 0 Å². The zero-order chi connectivity index (χ0) is 6.24. The number of hydrogen-bond donors (Lipinski definition) is 0. The summed E-state index contributed by atoms with van der Waals surface area (Å²) in [4.78, 5) is 2.65. The maximum absolute atomic E-state index is 5.42. The third-order valence-corrected chi connectivity index (χ3v) is 1.30. The molecule has 0 atom stereocenters. The first-order valence-electron chi connectivity index (χ1n) is 2.56. The summed E-state index contributed by atoms with van der Waals surface area (Å²) in [7, 11) is 0. The highest BCUT2D eigenvalue weighted by Gasteiger charge is 1.79. The summed E-state index contributed by atoms with van der Waals surface area (Å²) in [5, 5.41) is 0. The van der Waals surface area contributed by atoms with Crippen molar-refractivity contribution in [2.75, 3.05) is 5.88 Å². The molecule has 46 valence electrons. The predicted octanol–water partition coefficient (Wildman–Crippen LogP) is 2.75. The van der Waals surface area contributed by atoms with Crippen LogP contribution in [-0.4, -0.2) is 5.88 Å². The topological polar surface area (TPSA) is 0 Å². The first-order chi connectivity index (χ1) is 3.91. The minimum atomic E-state index is 0.754. The number of alkyl halides is 1. The van der Waals surface area contributed by atoms with Gasteiger partial charge in [0.05, 0.1) is 0 Å². The first kappa shape index (κ1) is 8.33. The van der Waals surface area contributed by atoms with Crippen LogP contribution in [0, 0.1) is 10.8 Å². The summed E-state index contributed by atoms with van der Waals surface area (Å²) in [6.45, 7) is 0. The SMILES string of the molecule is ClCCCCC#CBr. The fourth-order valence-corrected chi connectivity index (χ4v) is 0.742. The quantitative estimate of drug-likeness (QED) is 0.369. The summed E-state index contributed by atoms with van der Waals surface area (Å²) >= 11 is 8.43. The summed E-state index contributed by atoms with van der Waals surface area (Å²) in [6.07, 6.45) is 3.14. The lowest BCUT2D eigenvalue weighted by Crippen LogP contribution is -1.73. The summed E-state index contributed by atoms with van der Waals surface area (Å²) in [5.74, 6) is 3.65. The van der Waals surface area contributed by atoms with Gasteiger partial charge in [0.15, 0.2) is 0 Å². The summed E-state index contributed by atoms with van der Waals surface area (Å²) in [5.41, 5.74) is 0. The Hall–Kier alpha value is 0.330. The standard InChI is InChI=1S/C6H8BrCl/c7-5-3-1-2-4-6-8/h1-2,4,6H2. The van der Waals surface area contributed by atoms with Crippen LogP contribution in [0.3, 0.4) is 0 Å². The van der Waals surface area contributed by atoms with Crippen molar-refractivity contribution in [1.29, 1.82) is 0 Å². The number of unbranched alkanes of at least 4 members (excludes halogenated alkanes) is 2. The smallest absolute Gasteiger partial charge is 0.0223 e. The van der Waals surface area contributed by atoms with E-state index in [1.54, 1.807) is 0 Å². The third-order valence-electron chi connectivity index (χ3n) is 0.752. The van der Waals surface area contributed by atoms with Crippen LogP contribution >= 0.6 is 27.5 Å². The van der Waals surface area contributed by atoms with E-state index in [-0.39, 0.29) is 0 Å². The Bertz CT molecular complexity index is 90.4. The highest BCUT2D eigenvalue weighted by Crippen LogP contribution is 1.95. The molecule has 0 saturated carbocycles. The molecule has 0 bridgehead atoms. The molecule has 0 rings (SSSR count). The Morgan fingerprint density at radius 1 is 1.38 bits per heavy atom. The molecule has 0 unspecified atom stereocenters. The van der Waals surface area contributed by atoms with Gasteiger partial charge in [0, 0.05) is 28.2 Å². The minimum Gasteiger partial charge on any atom is -0.127 e. The van der Waals surface area contributed by atoms with Gasteiger partial charge in [-0.15, -0.1) is 11.6 Å². The molecule has 2 heteroatoms. The van der Waals surface area contributed by atoms with Gasteiger partial charge in [0.1, 0.15) is 0 Å². The molecule has 0 radical (unpaired) electrons. The van der Waals surface area contributed by atoms with Gasteiger partial charge in [-0.05, 0) is 17.7 Å². The van der Waals surface area contributed by atoms with Crippen LogP contribution < -0.4 is 0 Å². The number of hydrogen-bond acceptors (Lipinski definition) is 0. The number of rotatable bonds is 3. The molecule has 0 aliphatic rings. The van der Waals surface area contributed by atoms with Crippen molar-refractivity contribution < 1.29 is 0 Å². The van der Waals surface area contributed by atoms with Gasteiger partial charge in [-0.3, -0.25) is 0 Å². The second-order valence-electron chi connectivity index (χ2n) is 1.42. The fourth-order valence-electron chi connectivity index (χ4n) is 0.355. The molecule has 0 saturated heterocycles. The Morgan fingerprint density at radius 3 is 2.62 bits per heavy atom. The summed E-state index contributed by atoms with van der Waals surface area (Å²) in [6, 6.07) is 0. The third kappa shape index (κ3) is 6.33. The lowest BCUT2D eigenvalue weighted by atomic mass is 10.3. The fraction of sp³-hybridized carbons (Fsp3) is 0.667. The highest BCUT2D eigenvalue weighted by atomic mass is 79.9. The highest BCUT2D eigenvalue weighted by molar-refractivity contribution is 9.12. The average molecular weight is 195 g/mol. The molecule has 0 aromatic rings. The lowest BCUT2D eigenvalue weighted by Gasteiger charge is -1.85. The van der Waals surface area contributed by atoms with Gasteiger partial charge in [-0.1, -0.05) is 5.92 Å². The minimum absolute atomic E-state index is 0.754. The van der Waals surface area contributed by atoms with E-state index in [1.165, 1.54) is 0 Å². The van der Waals surface area contributed by atoms with E-state index in [0.29, 0.717) is 0 Å². The van der Waals surface area contributed by atoms with Crippen LogP contribution in [0.2, 0.25) is 0 Å². The molecule has 0 spiro atoms. The molecule has 0 aromatic heterocycles. The molecule has 8 heavy (non-hydrogen) atoms. The van der Waals surface area contributed by atoms with Crippen LogP contribution in [0.25, 0.3) is 0 Å². The molecule has 0 aliphatic heterocycles. The largest absolute Gasteiger partial charge is 0.127 e. The van der Waals surface area contributed by atoms with Crippen LogP contribution in [0.4, 0.5) is 0 Å². The van der Waals surface area contributed by atoms with E-state index < -0.39 is 0 Å². The van der Waals surface area contributed by atoms with Crippen molar-refractivity contribution in [2.24, 2.45) is 0 Å². The first-order valence-corrected chi connectivity index (χ1v) is 3.89. The van der Waals surface area contributed by atoms with Crippen molar-refractivity contribution in [3.05, 3.63) is 0 Å². The van der Waals surface area contributed by atoms with Crippen molar-refractivity contribution in [2.45, 2.75) is 19.3 Å². The van der Waals surface area contributed by atoms with E-state index in [1.807, 2.05) is 0 Å². The molecule has 0 amide bonds. The molecule has 0 fully saturated rings. The van der Waals surface area contributed by atoms with Gasteiger partial charge in [0.2, 0.25) is 0 Å². The maximum Gasteiger partial charge on any atom is 0.0223 e. The van der Waals surface area contributed by atoms with E-state index in [2.05, 4.69) is 26.7 Å². The molecular formula is C6H8BrCl. The van der Waals surface area contributed by atoms with Crippen LogP contribution in [-0.2, 0) is 0 Å². The monoisotopic (exact) mass is 194 g/mol. The molecular weight excluding hydrogens is 187 g/mol. The molecule has 0 heterocycles. The Labute approximate surface area is 63.7 Å². The average Bonchev–Trinajstić information content (AvgIpc) is 1.81. The van der Waals surface area contributed by atoms with Crippen LogP contribution in [0.15, 0.2) is 0 Å². The Morgan fingerprint density at radius 2 is 2.12 bits per heavy atom. The van der Waals surface area contributed by atoms with Crippen LogP contribution in [0.5, 0.6) is 0 Å². The van der Waals surface area contributed by atoms with Crippen molar-refractivity contribution >= 4 is 27.5 Å². The second-order valence-corrected chi connectivity index (χ2v) is 2.19. The van der Waals surface area contributed by atoms with E-state index >= 15 is 0 Å².